The Morgan fingerprint density at radius 3 is 2.55 bits per heavy atom. The van der Waals surface area contributed by atoms with Gasteiger partial charge in [0.2, 0.25) is 5.91 Å². The van der Waals surface area contributed by atoms with E-state index >= 15 is 0 Å². The van der Waals surface area contributed by atoms with Gasteiger partial charge in [-0.1, -0.05) is 56.3 Å². The fourth-order valence-electron chi connectivity index (χ4n) is 1.72. The Balaban J connectivity index is 1.87. The monoisotopic (exact) mass is 272 g/mol. The second kappa shape index (κ2) is 5.86. The first kappa shape index (κ1) is 14.2. The molecule has 1 N–H and O–H groups in total. The molecule has 5 heteroatoms. The van der Waals surface area contributed by atoms with Gasteiger partial charge in [-0.2, -0.15) is 0 Å². The van der Waals surface area contributed by atoms with Gasteiger partial charge in [-0.3, -0.25) is 4.79 Å². The Hall–Kier alpha value is -2.17. The van der Waals surface area contributed by atoms with Crippen LogP contribution in [0.25, 0.3) is 0 Å². The van der Waals surface area contributed by atoms with E-state index < -0.39 is 0 Å². The largest absolute Gasteiger partial charge is 0.350 e. The smallest absolute Gasteiger partial charge is 0.242 e. The molecule has 0 aliphatic carbocycles. The minimum atomic E-state index is -0.0702. The summed E-state index contributed by atoms with van der Waals surface area (Å²) in [4.78, 5) is 11.8. The molecule has 106 valence electrons. The van der Waals surface area contributed by atoms with Crippen molar-refractivity contribution < 1.29 is 4.79 Å². The van der Waals surface area contributed by atoms with Gasteiger partial charge in [0.25, 0.3) is 0 Å². The SMILES string of the molecule is CC(C)(C)c1cn(CC(=O)NCc2ccccc2)nn1. The Bertz CT molecular complexity index is 569. The van der Waals surface area contributed by atoms with E-state index in [0.717, 1.165) is 11.3 Å². The lowest BCUT2D eigenvalue weighted by Gasteiger charge is -2.12. The molecule has 0 spiro atoms. The maximum absolute atomic E-state index is 11.8. The van der Waals surface area contributed by atoms with Gasteiger partial charge < -0.3 is 5.32 Å². The summed E-state index contributed by atoms with van der Waals surface area (Å²) in [5, 5.41) is 10.9. The van der Waals surface area contributed by atoms with Crippen molar-refractivity contribution in [3.05, 3.63) is 47.8 Å². The van der Waals surface area contributed by atoms with E-state index in [1.165, 1.54) is 0 Å². The lowest BCUT2D eigenvalue weighted by Crippen LogP contribution is -2.27. The van der Waals surface area contributed by atoms with Crippen molar-refractivity contribution in [2.45, 2.75) is 39.3 Å². The van der Waals surface area contributed by atoms with Crippen LogP contribution in [0.2, 0.25) is 0 Å². The maximum atomic E-state index is 11.8. The number of aromatic nitrogens is 3. The van der Waals surface area contributed by atoms with Crippen LogP contribution in [0.1, 0.15) is 32.0 Å². The molecule has 0 aliphatic heterocycles. The highest BCUT2D eigenvalue weighted by atomic mass is 16.2. The number of benzene rings is 1. The summed E-state index contributed by atoms with van der Waals surface area (Å²) in [5.74, 6) is -0.0702. The van der Waals surface area contributed by atoms with Crippen molar-refractivity contribution in [1.82, 2.24) is 20.3 Å². The third-order valence-electron chi connectivity index (χ3n) is 2.95. The second-order valence-electron chi connectivity index (χ2n) is 5.81. The van der Waals surface area contributed by atoms with E-state index in [4.69, 9.17) is 0 Å². The number of hydrogen-bond acceptors (Lipinski definition) is 3. The molecular weight excluding hydrogens is 252 g/mol. The molecule has 0 bridgehead atoms. The fourth-order valence-corrected chi connectivity index (χ4v) is 1.72. The third kappa shape index (κ3) is 3.91. The summed E-state index contributed by atoms with van der Waals surface area (Å²) in [6.45, 7) is 6.92. The van der Waals surface area contributed by atoms with Gasteiger partial charge >= 0.3 is 0 Å². The minimum absolute atomic E-state index is 0.0568. The van der Waals surface area contributed by atoms with E-state index in [9.17, 15) is 4.79 Å². The highest BCUT2D eigenvalue weighted by molar-refractivity contribution is 5.75. The van der Waals surface area contributed by atoms with Crippen LogP contribution in [-0.4, -0.2) is 20.9 Å². The summed E-state index contributed by atoms with van der Waals surface area (Å²) in [5.41, 5.74) is 1.90. The molecular formula is C15H20N4O. The van der Waals surface area contributed by atoms with E-state index in [2.05, 4.69) is 36.4 Å². The van der Waals surface area contributed by atoms with Crippen molar-refractivity contribution in [2.75, 3.05) is 0 Å². The van der Waals surface area contributed by atoms with Crippen LogP contribution in [0.3, 0.4) is 0 Å². The lowest BCUT2D eigenvalue weighted by molar-refractivity contribution is -0.122. The van der Waals surface area contributed by atoms with Crippen LogP contribution in [0.15, 0.2) is 36.5 Å². The van der Waals surface area contributed by atoms with Gasteiger partial charge in [0, 0.05) is 18.2 Å². The molecule has 0 radical (unpaired) electrons. The molecule has 1 aromatic heterocycles. The highest BCUT2D eigenvalue weighted by Gasteiger charge is 2.18. The molecule has 0 saturated carbocycles. The van der Waals surface area contributed by atoms with Crippen molar-refractivity contribution in [3.8, 4) is 0 Å². The summed E-state index contributed by atoms with van der Waals surface area (Å²) in [6, 6.07) is 9.82. The quantitative estimate of drug-likeness (QED) is 0.924. The number of rotatable bonds is 4. The number of nitrogens with one attached hydrogen (secondary N) is 1. The normalized spacial score (nSPS) is 11.3. The summed E-state index contributed by atoms with van der Waals surface area (Å²) >= 11 is 0. The van der Waals surface area contributed by atoms with Gasteiger partial charge in [-0.05, 0) is 5.56 Å². The molecule has 1 amide bonds. The Kier molecular flexibility index (Phi) is 4.17. The van der Waals surface area contributed by atoms with Crippen LogP contribution in [0, 0.1) is 0 Å². The number of hydrogen-bond donors (Lipinski definition) is 1. The fraction of sp³-hybridized carbons (Fsp3) is 0.400. The average molecular weight is 272 g/mol. The zero-order valence-electron chi connectivity index (χ0n) is 12.1. The number of carbonyl (C=O) groups is 1. The van der Waals surface area contributed by atoms with Crippen molar-refractivity contribution >= 4 is 5.91 Å². The molecule has 0 unspecified atom stereocenters. The van der Waals surface area contributed by atoms with Crippen molar-refractivity contribution in [3.63, 3.8) is 0 Å². The molecule has 2 aromatic rings. The van der Waals surface area contributed by atoms with Crippen LogP contribution in [-0.2, 0) is 23.3 Å². The molecule has 1 heterocycles. The minimum Gasteiger partial charge on any atom is -0.350 e. The highest BCUT2D eigenvalue weighted by Crippen LogP contribution is 2.18. The molecule has 2 rings (SSSR count). The molecule has 0 saturated heterocycles. The zero-order chi connectivity index (χ0) is 14.6. The van der Waals surface area contributed by atoms with Crippen molar-refractivity contribution in [1.29, 1.82) is 0 Å². The van der Waals surface area contributed by atoms with E-state index in [-0.39, 0.29) is 17.9 Å². The predicted molar refractivity (Wildman–Crippen MR) is 77.0 cm³/mol. The van der Waals surface area contributed by atoms with Crippen LogP contribution < -0.4 is 5.32 Å². The topological polar surface area (TPSA) is 59.8 Å². The van der Waals surface area contributed by atoms with Gasteiger partial charge in [0.15, 0.2) is 0 Å². The first-order valence-electron chi connectivity index (χ1n) is 6.66. The van der Waals surface area contributed by atoms with Crippen molar-refractivity contribution in [2.24, 2.45) is 0 Å². The predicted octanol–water partition coefficient (Wildman–Crippen LogP) is 1.89. The molecule has 1 aromatic carbocycles. The first-order valence-corrected chi connectivity index (χ1v) is 6.66. The lowest BCUT2D eigenvalue weighted by atomic mass is 9.93. The third-order valence-corrected chi connectivity index (χ3v) is 2.95. The van der Waals surface area contributed by atoms with E-state index in [1.54, 1.807) is 4.68 Å². The van der Waals surface area contributed by atoms with Crippen LogP contribution >= 0.6 is 0 Å². The molecule has 0 fully saturated rings. The summed E-state index contributed by atoms with van der Waals surface area (Å²) < 4.78 is 1.57. The Labute approximate surface area is 119 Å². The van der Waals surface area contributed by atoms with E-state index in [1.807, 2.05) is 36.5 Å². The summed E-state index contributed by atoms with van der Waals surface area (Å²) in [7, 11) is 0. The zero-order valence-corrected chi connectivity index (χ0v) is 12.1. The van der Waals surface area contributed by atoms with Gasteiger partial charge in [-0.15, -0.1) is 5.10 Å². The van der Waals surface area contributed by atoms with Crippen LogP contribution in [0.5, 0.6) is 0 Å². The molecule has 20 heavy (non-hydrogen) atoms. The average Bonchev–Trinajstić information content (AvgIpc) is 2.86. The maximum Gasteiger partial charge on any atom is 0.242 e. The first-order chi connectivity index (χ1) is 9.45. The van der Waals surface area contributed by atoms with Gasteiger partial charge in [-0.25, -0.2) is 4.68 Å². The summed E-state index contributed by atoms with van der Waals surface area (Å²) in [6.07, 6.45) is 1.82. The van der Waals surface area contributed by atoms with Gasteiger partial charge in [0.05, 0.1) is 5.69 Å². The molecule has 0 aliphatic rings. The van der Waals surface area contributed by atoms with Crippen LogP contribution in [0.4, 0.5) is 0 Å². The van der Waals surface area contributed by atoms with Gasteiger partial charge in [0.1, 0.15) is 6.54 Å². The standard InChI is InChI=1S/C15H20N4O/c1-15(2,3)13-10-19(18-17-13)11-14(20)16-9-12-7-5-4-6-8-12/h4-8,10H,9,11H2,1-3H3,(H,16,20). The Morgan fingerprint density at radius 1 is 1.25 bits per heavy atom. The number of nitrogens with zero attached hydrogens (tertiary/aromatic N) is 3. The molecule has 5 nitrogen and oxygen atoms in total. The Morgan fingerprint density at radius 2 is 1.95 bits per heavy atom. The van der Waals surface area contributed by atoms with E-state index in [0.29, 0.717) is 6.54 Å². The molecule has 0 atom stereocenters. The second-order valence-corrected chi connectivity index (χ2v) is 5.81. The number of carbonyl (C=O) groups excluding carboxylic acids is 1. The number of amides is 1.